The van der Waals surface area contributed by atoms with Gasteiger partial charge in [0.05, 0.1) is 34.4 Å². The Balaban J connectivity index is 1.41. The molecule has 3 atom stereocenters. The molecule has 0 N–H and O–H groups in total. The molecule has 202 valence electrons. The van der Waals surface area contributed by atoms with Crippen molar-refractivity contribution in [3.8, 4) is 5.69 Å². The number of hydrogen-bond acceptors (Lipinski definition) is 7. The molecule has 8 nitrogen and oxygen atoms in total. The Hall–Kier alpha value is -3.44. The van der Waals surface area contributed by atoms with Gasteiger partial charge in [-0.25, -0.2) is 22.5 Å². The van der Waals surface area contributed by atoms with Crippen LogP contribution in [-0.4, -0.2) is 44.0 Å². The molecule has 39 heavy (non-hydrogen) atoms. The molecule has 4 aromatic rings. The van der Waals surface area contributed by atoms with Crippen molar-refractivity contribution in [2.75, 3.05) is 0 Å². The highest BCUT2D eigenvalue weighted by atomic mass is 32.2. The highest BCUT2D eigenvalue weighted by molar-refractivity contribution is 7.92. The first-order valence-electron chi connectivity index (χ1n) is 12.8. The lowest BCUT2D eigenvalue weighted by Gasteiger charge is -2.45. The number of Topliss-reactive ketones (excluding diaryl/α,β-unsaturated/α-hetero) is 1. The van der Waals surface area contributed by atoms with Crippen molar-refractivity contribution in [2.24, 2.45) is 18.4 Å². The van der Waals surface area contributed by atoms with Crippen LogP contribution in [0.2, 0.25) is 0 Å². The zero-order valence-corrected chi connectivity index (χ0v) is 23.5. The lowest BCUT2D eigenvalue weighted by molar-refractivity contribution is 0.0759. The molecule has 0 amide bonds. The minimum absolute atomic E-state index is 0.0669. The summed E-state index contributed by atoms with van der Waals surface area (Å²) < 4.78 is 43.9. The molecule has 6 rings (SSSR count). The van der Waals surface area contributed by atoms with Crippen molar-refractivity contribution < 1.29 is 17.6 Å². The van der Waals surface area contributed by atoms with Gasteiger partial charge in [0.25, 0.3) is 0 Å². The van der Waals surface area contributed by atoms with Gasteiger partial charge >= 0.3 is 0 Å². The Bertz CT molecular complexity index is 1720. The summed E-state index contributed by atoms with van der Waals surface area (Å²) in [7, 11) is -1.95. The Kier molecular flexibility index (Phi) is 6.18. The quantitative estimate of drug-likeness (QED) is 0.306. The molecule has 0 radical (unpaired) electrons. The van der Waals surface area contributed by atoms with Gasteiger partial charge in [-0.2, -0.15) is 10.2 Å². The van der Waals surface area contributed by atoms with Crippen LogP contribution >= 0.6 is 11.3 Å². The maximum absolute atomic E-state index is 14.3. The lowest BCUT2D eigenvalue weighted by atomic mass is 9.59. The molecule has 11 heteroatoms. The summed E-state index contributed by atoms with van der Waals surface area (Å²) in [5.41, 5.74) is 2.56. The third kappa shape index (κ3) is 4.28. The van der Waals surface area contributed by atoms with Gasteiger partial charge in [0.2, 0.25) is 5.78 Å². The molecule has 0 saturated heterocycles. The number of hydrogen-bond donors (Lipinski definition) is 0. The van der Waals surface area contributed by atoms with Gasteiger partial charge in [-0.15, -0.1) is 11.3 Å². The number of thiazole rings is 1. The third-order valence-electron chi connectivity index (χ3n) is 8.18. The average molecular weight is 566 g/mol. The number of allylic oxidation sites excluding steroid dienone is 1. The maximum Gasteiger partial charge on any atom is 0.201 e. The number of fused-ring (bicyclic) bond motifs is 2. The second-order valence-electron chi connectivity index (χ2n) is 10.6. The van der Waals surface area contributed by atoms with E-state index < -0.39 is 20.5 Å². The monoisotopic (exact) mass is 565 g/mol. The van der Waals surface area contributed by atoms with E-state index in [1.54, 1.807) is 43.2 Å². The van der Waals surface area contributed by atoms with Gasteiger partial charge in [-0.05, 0) is 81.4 Å². The second kappa shape index (κ2) is 9.34. The third-order valence-corrected chi connectivity index (χ3v) is 11.3. The van der Waals surface area contributed by atoms with Gasteiger partial charge < -0.3 is 0 Å². The van der Waals surface area contributed by atoms with E-state index in [2.05, 4.69) is 15.2 Å². The molecule has 0 bridgehead atoms. The van der Waals surface area contributed by atoms with Gasteiger partial charge in [-0.3, -0.25) is 9.48 Å². The topological polar surface area (TPSA) is 99.7 Å². The van der Waals surface area contributed by atoms with Crippen LogP contribution in [-0.2, 0) is 23.3 Å². The molecular formula is C28H28FN5O3S2. The zero-order chi connectivity index (χ0) is 27.5. The summed E-state index contributed by atoms with van der Waals surface area (Å²) in [4.78, 5) is 19.8. The van der Waals surface area contributed by atoms with Crippen LogP contribution in [0.3, 0.4) is 0 Å². The first kappa shape index (κ1) is 25.8. The van der Waals surface area contributed by atoms with Crippen molar-refractivity contribution in [3.63, 3.8) is 0 Å². The number of benzene rings is 1. The number of carbonyl (C=O) groups is 1. The van der Waals surface area contributed by atoms with Crippen LogP contribution in [0.1, 0.15) is 52.1 Å². The standard InChI is InChI=1S/C28H28FN5O3S2/c1-17-13-30-27(38-17)26(35)28-11-19(18(2)39(36,37)24-15-31-33(3)16-24)4-5-21(28)10-25-20(12-28)14-32-34(25)23-8-6-22(29)7-9-23/h6-10,13-16,18-19H,4-5,11-12H2,1-3H3/t18?,19-,28+/m0/s1. The molecule has 1 aromatic carbocycles. The smallest absolute Gasteiger partial charge is 0.201 e. The molecule has 2 aliphatic carbocycles. The van der Waals surface area contributed by atoms with E-state index in [4.69, 9.17) is 0 Å². The number of ketones is 1. The van der Waals surface area contributed by atoms with Gasteiger partial charge in [0, 0.05) is 24.3 Å². The van der Waals surface area contributed by atoms with Gasteiger partial charge in [0.1, 0.15) is 10.7 Å². The number of rotatable bonds is 6. The fourth-order valence-electron chi connectivity index (χ4n) is 6.01. The SMILES string of the molecule is Cc1cnc(C(=O)[C@]23Cc4cnn(-c5ccc(F)cc5)c4C=C2CC[C@H](C(C)S(=O)(=O)c2cnn(C)c2)C3)s1. The maximum atomic E-state index is 14.3. The summed E-state index contributed by atoms with van der Waals surface area (Å²) >= 11 is 1.37. The Morgan fingerprint density at radius 3 is 2.62 bits per heavy atom. The van der Waals surface area contributed by atoms with Gasteiger partial charge in [-0.1, -0.05) is 5.57 Å². The minimum Gasteiger partial charge on any atom is -0.290 e. The molecule has 0 spiro atoms. The number of sulfone groups is 1. The fourth-order valence-corrected chi connectivity index (χ4v) is 8.48. The van der Waals surface area contributed by atoms with Crippen LogP contribution < -0.4 is 0 Å². The van der Waals surface area contributed by atoms with Crippen molar-refractivity contribution in [1.82, 2.24) is 24.5 Å². The summed E-state index contributed by atoms with van der Waals surface area (Å²) in [6.07, 6.45) is 10.4. The van der Waals surface area contributed by atoms with Crippen molar-refractivity contribution in [3.05, 3.63) is 81.6 Å². The summed E-state index contributed by atoms with van der Waals surface area (Å²) in [5.74, 6) is -0.621. The van der Waals surface area contributed by atoms with E-state index in [1.807, 2.05) is 13.0 Å². The predicted octanol–water partition coefficient (Wildman–Crippen LogP) is 4.98. The Morgan fingerprint density at radius 2 is 1.95 bits per heavy atom. The van der Waals surface area contributed by atoms with E-state index in [0.717, 1.165) is 27.4 Å². The second-order valence-corrected chi connectivity index (χ2v) is 14.1. The molecule has 2 aliphatic rings. The minimum atomic E-state index is -3.64. The number of nitrogens with zero attached hydrogens (tertiary/aromatic N) is 5. The summed E-state index contributed by atoms with van der Waals surface area (Å²) in [6.45, 7) is 3.66. The van der Waals surface area contributed by atoms with E-state index in [1.165, 1.54) is 40.5 Å². The van der Waals surface area contributed by atoms with E-state index in [-0.39, 0.29) is 22.4 Å². The van der Waals surface area contributed by atoms with E-state index in [9.17, 15) is 17.6 Å². The van der Waals surface area contributed by atoms with Crippen LogP contribution in [0.15, 0.2) is 59.5 Å². The highest BCUT2D eigenvalue weighted by Gasteiger charge is 2.52. The molecule has 3 heterocycles. The van der Waals surface area contributed by atoms with Gasteiger partial charge in [0.15, 0.2) is 14.8 Å². The first-order valence-corrected chi connectivity index (χ1v) is 15.2. The van der Waals surface area contributed by atoms with Crippen LogP contribution in [0.4, 0.5) is 4.39 Å². The number of carbonyl (C=O) groups excluding carboxylic acids is 1. The Morgan fingerprint density at radius 1 is 1.18 bits per heavy atom. The van der Waals surface area contributed by atoms with Crippen LogP contribution in [0.25, 0.3) is 11.8 Å². The van der Waals surface area contributed by atoms with Crippen molar-refractivity contribution >= 4 is 33.0 Å². The van der Waals surface area contributed by atoms with Crippen LogP contribution in [0.5, 0.6) is 0 Å². The molecule has 0 aliphatic heterocycles. The van der Waals surface area contributed by atoms with E-state index in [0.29, 0.717) is 30.7 Å². The number of aromatic nitrogens is 5. The molecule has 3 aromatic heterocycles. The molecular weight excluding hydrogens is 537 g/mol. The zero-order valence-electron chi connectivity index (χ0n) is 21.8. The Labute approximate surface area is 230 Å². The molecule has 1 unspecified atom stereocenters. The normalized spacial score (nSPS) is 21.6. The molecule has 1 saturated carbocycles. The number of aryl methyl sites for hydroxylation is 2. The lowest BCUT2D eigenvalue weighted by Crippen LogP contribution is -2.45. The first-order chi connectivity index (χ1) is 18.6. The van der Waals surface area contributed by atoms with Crippen molar-refractivity contribution in [2.45, 2.75) is 49.7 Å². The van der Waals surface area contributed by atoms with Crippen molar-refractivity contribution in [1.29, 1.82) is 0 Å². The van der Waals surface area contributed by atoms with E-state index >= 15 is 0 Å². The van der Waals surface area contributed by atoms with Crippen LogP contribution in [0, 0.1) is 24.1 Å². The average Bonchev–Trinajstić information content (AvgIpc) is 3.66. The highest BCUT2D eigenvalue weighted by Crippen LogP contribution is 2.53. The summed E-state index contributed by atoms with van der Waals surface area (Å²) in [6, 6.07) is 6.14. The molecule has 1 fully saturated rings. The predicted molar refractivity (Wildman–Crippen MR) is 146 cm³/mol. The summed E-state index contributed by atoms with van der Waals surface area (Å²) in [5, 5.41) is 8.39. The largest absolute Gasteiger partial charge is 0.290 e. The fraction of sp³-hybridized carbons (Fsp3) is 0.357. The number of halogens is 1.